The van der Waals surface area contributed by atoms with Gasteiger partial charge in [-0.3, -0.25) is 4.79 Å². The van der Waals surface area contributed by atoms with Crippen LogP contribution in [-0.4, -0.2) is 37.0 Å². The molecule has 1 amide bonds. The van der Waals surface area contributed by atoms with Crippen LogP contribution in [0.25, 0.3) is 0 Å². The SMILES string of the molecule is CCC(=O)N(C)C(C)C(=O)OC. The Bertz CT molecular complexity index is 159. The summed E-state index contributed by atoms with van der Waals surface area (Å²) in [6, 6.07) is -0.498. The van der Waals surface area contributed by atoms with E-state index in [0.29, 0.717) is 6.42 Å². The van der Waals surface area contributed by atoms with Crippen molar-refractivity contribution in [3.63, 3.8) is 0 Å². The zero-order valence-electron chi connectivity index (χ0n) is 7.96. The number of hydrogen-bond acceptors (Lipinski definition) is 3. The lowest BCUT2D eigenvalue weighted by Gasteiger charge is -2.21. The van der Waals surface area contributed by atoms with Gasteiger partial charge in [0.25, 0.3) is 0 Å². The second kappa shape index (κ2) is 4.74. The van der Waals surface area contributed by atoms with Crippen molar-refractivity contribution in [3.05, 3.63) is 0 Å². The topological polar surface area (TPSA) is 46.6 Å². The minimum atomic E-state index is -0.498. The van der Waals surface area contributed by atoms with Crippen LogP contribution in [0.3, 0.4) is 0 Å². The second-order valence-electron chi connectivity index (χ2n) is 2.56. The summed E-state index contributed by atoms with van der Waals surface area (Å²) in [6.45, 7) is 3.39. The molecule has 0 saturated heterocycles. The van der Waals surface area contributed by atoms with Gasteiger partial charge in [0, 0.05) is 13.5 Å². The van der Waals surface area contributed by atoms with Crippen molar-refractivity contribution < 1.29 is 14.3 Å². The van der Waals surface area contributed by atoms with E-state index in [2.05, 4.69) is 4.74 Å². The first kappa shape index (κ1) is 10.9. The maximum atomic E-state index is 11.1. The highest BCUT2D eigenvalue weighted by atomic mass is 16.5. The first-order chi connectivity index (χ1) is 5.54. The third-order valence-corrected chi connectivity index (χ3v) is 1.82. The number of methoxy groups -OCH3 is 1. The zero-order chi connectivity index (χ0) is 9.72. The fraction of sp³-hybridized carbons (Fsp3) is 0.750. The molecule has 1 atom stereocenters. The van der Waals surface area contributed by atoms with Crippen LogP contribution < -0.4 is 0 Å². The number of esters is 1. The largest absolute Gasteiger partial charge is 0.467 e. The molecule has 1 unspecified atom stereocenters. The molecule has 4 heteroatoms. The average Bonchev–Trinajstić information content (AvgIpc) is 2.12. The van der Waals surface area contributed by atoms with Crippen LogP contribution in [-0.2, 0) is 14.3 Å². The van der Waals surface area contributed by atoms with E-state index in [9.17, 15) is 9.59 Å². The van der Waals surface area contributed by atoms with Crippen molar-refractivity contribution in [3.8, 4) is 0 Å². The lowest BCUT2D eigenvalue weighted by atomic mass is 10.3. The van der Waals surface area contributed by atoms with Crippen LogP contribution >= 0.6 is 0 Å². The smallest absolute Gasteiger partial charge is 0.328 e. The number of likely N-dealkylation sites (N-methyl/N-ethyl adjacent to an activating group) is 1. The lowest BCUT2D eigenvalue weighted by Crippen LogP contribution is -2.40. The van der Waals surface area contributed by atoms with Gasteiger partial charge < -0.3 is 9.64 Å². The van der Waals surface area contributed by atoms with E-state index in [0.717, 1.165) is 0 Å². The Morgan fingerprint density at radius 2 is 2.00 bits per heavy atom. The minimum Gasteiger partial charge on any atom is -0.467 e. The summed E-state index contributed by atoms with van der Waals surface area (Å²) in [7, 11) is 2.90. The highest BCUT2D eigenvalue weighted by molar-refractivity contribution is 5.83. The summed E-state index contributed by atoms with van der Waals surface area (Å²) < 4.78 is 4.49. The number of carbonyl (C=O) groups is 2. The van der Waals surface area contributed by atoms with E-state index < -0.39 is 6.04 Å². The van der Waals surface area contributed by atoms with E-state index in [1.165, 1.54) is 12.0 Å². The van der Waals surface area contributed by atoms with E-state index >= 15 is 0 Å². The average molecular weight is 173 g/mol. The van der Waals surface area contributed by atoms with Crippen LogP contribution in [0.5, 0.6) is 0 Å². The highest BCUT2D eigenvalue weighted by Gasteiger charge is 2.21. The van der Waals surface area contributed by atoms with Crippen LogP contribution in [0.4, 0.5) is 0 Å². The van der Waals surface area contributed by atoms with Gasteiger partial charge >= 0.3 is 5.97 Å². The highest BCUT2D eigenvalue weighted by Crippen LogP contribution is 2.00. The van der Waals surface area contributed by atoms with Gasteiger partial charge in [-0.15, -0.1) is 0 Å². The van der Waals surface area contributed by atoms with Crippen molar-refractivity contribution in [1.82, 2.24) is 4.90 Å². The maximum absolute atomic E-state index is 11.1. The van der Waals surface area contributed by atoms with Crippen molar-refractivity contribution in [2.45, 2.75) is 26.3 Å². The van der Waals surface area contributed by atoms with Gasteiger partial charge in [-0.25, -0.2) is 4.79 Å². The Kier molecular flexibility index (Phi) is 4.33. The number of rotatable bonds is 3. The molecular formula is C8H15NO3. The third-order valence-electron chi connectivity index (χ3n) is 1.82. The Morgan fingerprint density at radius 3 is 2.33 bits per heavy atom. The molecule has 0 rings (SSSR count). The second-order valence-corrected chi connectivity index (χ2v) is 2.56. The Labute approximate surface area is 72.5 Å². The first-order valence-corrected chi connectivity index (χ1v) is 3.88. The third kappa shape index (κ3) is 2.53. The van der Waals surface area contributed by atoms with Gasteiger partial charge in [0.2, 0.25) is 5.91 Å². The Hall–Kier alpha value is -1.06. The molecule has 0 aromatic rings. The van der Waals surface area contributed by atoms with Crippen molar-refractivity contribution in [2.24, 2.45) is 0 Å². The fourth-order valence-corrected chi connectivity index (χ4v) is 0.794. The summed E-state index contributed by atoms with van der Waals surface area (Å²) >= 11 is 0. The van der Waals surface area contributed by atoms with Crippen molar-refractivity contribution >= 4 is 11.9 Å². The molecule has 0 saturated carbocycles. The predicted molar refractivity (Wildman–Crippen MR) is 44.5 cm³/mol. The van der Waals surface area contributed by atoms with E-state index in [-0.39, 0.29) is 11.9 Å². The molecule has 0 aromatic carbocycles. The monoisotopic (exact) mass is 173 g/mol. The van der Waals surface area contributed by atoms with Gasteiger partial charge in [-0.1, -0.05) is 6.92 Å². The molecule has 0 aliphatic carbocycles. The van der Waals surface area contributed by atoms with Crippen LogP contribution in [0.2, 0.25) is 0 Å². The molecule has 12 heavy (non-hydrogen) atoms. The summed E-state index contributed by atoms with van der Waals surface area (Å²) in [4.78, 5) is 23.4. The molecule has 0 spiro atoms. The summed E-state index contributed by atoms with van der Waals surface area (Å²) in [5, 5.41) is 0. The fourth-order valence-electron chi connectivity index (χ4n) is 0.794. The van der Waals surface area contributed by atoms with E-state index in [1.807, 2.05) is 0 Å². The van der Waals surface area contributed by atoms with Crippen molar-refractivity contribution in [1.29, 1.82) is 0 Å². The molecule has 0 bridgehead atoms. The van der Waals surface area contributed by atoms with Crippen LogP contribution in [0, 0.1) is 0 Å². The van der Waals surface area contributed by atoms with Crippen LogP contribution in [0.15, 0.2) is 0 Å². The van der Waals surface area contributed by atoms with Gasteiger partial charge in [-0.2, -0.15) is 0 Å². The summed E-state index contributed by atoms with van der Waals surface area (Å²) in [6.07, 6.45) is 0.401. The lowest BCUT2D eigenvalue weighted by molar-refractivity contribution is -0.150. The van der Waals surface area contributed by atoms with Gasteiger partial charge in [0.05, 0.1) is 7.11 Å². The molecule has 0 N–H and O–H groups in total. The zero-order valence-corrected chi connectivity index (χ0v) is 7.96. The molecular weight excluding hydrogens is 158 g/mol. The van der Waals surface area contributed by atoms with E-state index in [4.69, 9.17) is 0 Å². The Morgan fingerprint density at radius 1 is 1.50 bits per heavy atom. The molecule has 0 heterocycles. The van der Waals surface area contributed by atoms with Crippen LogP contribution in [0.1, 0.15) is 20.3 Å². The molecule has 4 nitrogen and oxygen atoms in total. The van der Waals surface area contributed by atoms with Gasteiger partial charge in [0.1, 0.15) is 6.04 Å². The molecule has 70 valence electrons. The quantitative estimate of drug-likeness (QED) is 0.581. The van der Waals surface area contributed by atoms with Gasteiger partial charge in [0.15, 0.2) is 0 Å². The number of ether oxygens (including phenoxy) is 1. The van der Waals surface area contributed by atoms with Crippen molar-refractivity contribution in [2.75, 3.05) is 14.2 Å². The maximum Gasteiger partial charge on any atom is 0.328 e. The first-order valence-electron chi connectivity index (χ1n) is 3.88. The molecule has 0 aliphatic heterocycles. The number of nitrogens with zero attached hydrogens (tertiary/aromatic N) is 1. The summed E-state index contributed by atoms with van der Waals surface area (Å²) in [5.74, 6) is -0.452. The molecule has 0 radical (unpaired) electrons. The minimum absolute atomic E-state index is 0.0621. The molecule has 0 fully saturated rings. The Balaban J connectivity index is 4.18. The summed E-state index contributed by atoms with van der Waals surface area (Å²) in [5.41, 5.74) is 0. The van der Waals surface area contributed by atoms with E-state index in [1.54, 1.807) is 20.9 Å². The normalized spacial score (nSPS) is 12.0. The number of hydrogen-bond donors (Lipinski definition) is 0. The number of carbonyl (C=O) groups excluding carboxylic acids is 2. The predicted octanol–water partition coefficient (Wildman–Crippen LogP) is 0.416. The van der Waals surface area contributed by atoms with Gasteiger partial charge in [-0.05, 0) is 6.92 Å². The molecule has 0 aromatic heterocycles. The standard InChI is InChI=1S/C8H15NO3/c1-5-7(10)9(3)6(2)8(11)12-4/h6H,5H2,1-4H3. The number of amides is 1. The molecule has 0 aliphatic rings.